The molecule has 1 aliphatic carbocycles. The Bertz CT molecular complexity index is 1770. The highest BCUT2D eigenvalue weighted by molar-refractivity contribution is 6.29. The van der Waals surface area contributed by atoms with Crippen molar-refractivity contribution in [2.45, 2.75) is 51.4 Å². The average Bonchev–Trinajstić information content (AvgIpc) is 3.60. The van der Waals surface area contributed by atoms with Crippen molar-refractivity contribution in [3.8, 4) is 39.6 Å². The molecule has 0 unspecified atom stereocenters. The van der Waals surface area contributed by atoms with Crippen molar-refractivity contribution in [3.63, 3.8) is 0 Å². The number of halogens is 4. The molecule has 1 saturated carbocycles. The number of alkyl halides is 3. The lowest BCUT2D eigenvalue weighted by Gasteiger charge is -2.39. The van der Waals surface area contributed by atoms with Crippen LogP contribution in [0.25, 0.3) is 39.6 Å². The quantitative estimate of drug-likeness (QED) is 0.209. The minimum absolute atomic E-state index is 0.104. The third kappa shape index (κ3) is 5.54. The third-order valence-corrected chi connectivity index (χ3v) is 7.98. The molecule has 0 saturated heterocycles. The van der Waals surface area contributed by atoms with E-state index in [1.807, 2.05) is 19.1 Å². The fraction of sp³-hybridized carbons (Fsp3) is 0.300. The van der Waals surface area contributed by atoms with Crippen LogP contribution in [-0.4, -0.2) is 40.1 Å². The van der Waals surface area contributed by atoms with Crippen molar-refractivity contribution in [1.29, 1.82) is 0 Å². The van der Waals surface area contributed by atoms with E-state index in [2.05, 4.69) is 32.5 Å². The summed E-state index contributed by atoms with van der Waals surface area (Å²) in [7, 11) is 1.72. The van der Waals surface area contributed by atoms with Crippen LogP contribution >= 0.6 is 11.6 Å². The second kappa shape index (κ2) is 10.6. The molecular weight excluding hydrogens is 565 g/mol. The summed E-state index contributed by atoms with van der Waals surface area (Å²) in [4.78, 5) is 9.30. The Kier molecular flexibility index (Phi) is 7.10. The molecule has 12 heteroatoms. The molecule has 4 aromatic heterocycles. The number of nitrogens with one attached hydrogen (secondary N) is 1. The van der Waals surface area contributed by atoms with Gasteiger partial charge in [0.05, 0.1) is 23.1 Å². The zero-order valence-electron chi connectivity index (χ0n) is 23.2. The summed E-state index contributed by atoms with van der Waals surface area (Å²) < 4.78 is 44.3. The van der Waals surface area contributed by atoms with Crippen molar-refractivity contribution in [3.05, 3.63) is 83.2 Å². The highest BCUT2D eigenvalue weighted by Gasteiger charge is 2.32. The summed E-state index contributed by atoms with van der Waals surface area (Å²) in [6.07, 6.45) is 4.00. The molecule has 0 atom stereocenters. The van der Waals surface area contributed by atoms with Gasteiger partial charge in [-0.3, -0.25) is 4.98 Å². The number of nitrogens with zero attached hydrogens (tertiary/aromatic N) is 7. The van der Waals surface area contributed by atoms with Crippen LogP contribution < -0.4 is 5.32 Å². The molecule has 42 heavy (non-hydrogen) atoms. The first-order valence-corrected chi connectivity index (χ1v) is 13.9. The summed E-state index contributed by atoms with van der Waals surface area (Å²) in [5, 5.41) is 16.2. The lowest BCUT2D eigenvalue weighted by atomic mass is 9.78. The number of rotatable bonds is 7. The zero-order valence-corrected chi connectivity index (χ0v) is 24.0. The Morgan fingerprint density at radius 3 is 2.52 bits per heavy atom. The van der Waals surface area contributed by atoms with Gasteiger partial charge >= 0.3 is 6.18 Å². The van der Waals surface area contributed by atoms with Gasteiger partial charge in [-0.15, -0.1) is 10.2 Å². The van der Waals surface area contributed by atoms with Gasteiger partial charge in [0.1, 0.15) is 11.5 Å². The predicted molar refractivity (Wildman–Crippen MR) is 154 cm³/mol. The van der Waals surface area contributed by atoms with Gasteiger partial charge in [0.2, 0.25) is 0 Å². The molecule has 6 rings (SSSR count). The smallest absolute Gasteiger partial charge is 0.317 e. The topological polar surface area (TPSA) is 86.3 Å². The molecule has 0 bridgehead atoms. The molecule has 8 nitrogen and oxygen atoms in total. The summed E-state index contributed by atoms with van der Waals surface area (Å²) in [5.41, 5.74) is 4.07. The monoisotopic (exact) mass is 592 g/mol. The van der Waals surface area contributed by atoms with Crippen LogP contribution in [0.5, 0.6) is 0 Å². The first-order valence-electron chi connectivity index (χ1n) is 13.5. The first kappa shape index (κ1) is 28.0. The van der Waals surface area contributed by atoms with Gasteiger partial charge in [0.15, 0.2) is 11.6 Å². The Morgan fingerprint density at radius 2 is 1.83 bits per heavy atom. The van der Waals surface area contributed by atoms with Crippen LogP contribution in [0.1, 0.15) is 43.0 Å². The second-order valence-corrected chi connectivity index (χ2v) is 11.4. The maximum absolute atomic E-state index is 13.7. The number of benzene rings is 1. The second-order valence-electron chi connectivity index (χ2n) is 11.0. The van der Waals surface area contributed by atoms with Crippen LogP contribution in [0.4, 0.5) is 13.2 Å². The predicted octanol–water partition coefficient (Wildman–Crippen LogP) is 6.80. The lowest BCUT2D eigenvalue weighted by molar-refractivity contribution is -0.137. The number of aromatic nitrogens is 7. The number of hydrogen-bond acceptors (Lipinski definition) is 6. The van der Waals surface area contributed by atoms with Gasteiger partial charge in [-0.2, -0.15) is 18.3 Å². The standard InChI is InChI=1S/C30H28ClF3N8/c1-18-5-7-22(15-35-29(2)9-4-10-29)38-27(18)20-14-37-42(16-20)26-12-19(11-25(31)39-26)24-13-21(30(32,33)34)6-8-23(24)28-40-36-17-41(28)3/h5-8,11-14,16-17,35H,4,9-10,15H2,1-3H3. The molecule has 5 aromatic rings. The van der Waals surface area contributed by atoms with Crippen LogP contribution in [0.2, 0.25) is 5.15 Å². The van der Waals surface area contributed by atoms with Gasteiger partial charge in [0.25, 0.3) is 0 Å². The van der Waals surface area contributed by atoms with Crippen molar-refractivity contribution in [2.24, 2.45) is 7.05 Å². The van der Waals surface area contributed by atoms with E-state index in [1.54, 1.807) is 34.8 Å². The van der Waals surface area contributed by atoms with Crippen LogP contribution in [-0.2, 0) is 19.8 Å². The normalized spacial score (nSPS) is 14.6. The molecule has 1 aliphatic rings. The fourth-order valence-corrected chi connectivity index (χ4v) is 5.36. The lowest BCUT2D eigenvalue weighted by Crippen LogP contribution is -2.47. The minimum atomic E-state index is -4.53. The van der Waals surface area contributed by atoms with Gasteiger partial charge in [0, 0.05) is 36.5 Å². The van der Waals surface area contributed by atoms with Crippen molar-refractivity contribution in [2.75, 3.05) is 0 Å². The molecular formula is C30H28ClF3N8. The van der Waals surface area contributed by atoms with Crippen molar-refractivity contribution >= 4 is 11.6 Å². The van der Waals surface area contributed by atoms with Crippen LogP contribution in [0, 0.1) is 6.92 Å². The molecule has 216 valence electrons. The van der Waals surface area contributed by atoms with Gasteiger partial charge in [-0.1, -0.05) is 17.7 Å². The third-order valence-electron chi connectivity index (χ3n) is 7.79. The Morgan fingerprint density at radius 1 is 1.02 bits per heavy atom. The van der Waals surface area contributed by atoms with Crippen LogP contribution in [0.3, 0.4) is 0 Å². The van der Waals surface area contributed by atoms with Gasteiger partial charge in [-0.25, -0.2) is 9.67 Å². The summed E-state index contributed by atoms with van der Waals surface area (Å²) in [5.74, 6) is 0.760. The molecule has 1 aromatic carbocycles. The number of hydrogen-bond donors (Lipinski definition) is 1. The maximum Gasteiger partial charge on any atom is 0.416 e. The molecule has 0 radical (unpaired) electrons. The molecule has 0 aliphatic heterocycles. The highest BCUT2D eigenvalue weighted by Crippen LogP contribution is 2.38. The van der Waals surface area contributed by atoms with E-state index in [4.69, 9.17) is 16.6 Å². The van der Waals surface area contributed by atoms with Crippen molar-refractivity contribution < 1.29 is 13.2 Å². The number of pyridine rings is 2. The summed E-state index contributed by atoms with van der Waals surface area (Å²) in [6, 6.07) is 10.7. The summed E-state index contributed by atoms with van der Waals surface area (Å²) >= 11 is 6.42. The largest absolute Gasteiger partial charge is 0.416 e. The van der Waals surface area contributed by atoms with E-state index in [1.165, 1.54) is 24.9 Å². The summed E-state index contributed by atoms with van der Waals surface area (Å²) in [6.45, 7) is 4.89. The van der Waals surface area contributed by atoms with E-state index in [0.29, 0.717) is 29.3 Å². The van der Waals surface area contributed by atoms with E-state index >= 15 is 0 Å². The Hall–Kier alpha value is -4.09. The number of aryl methyl sites for hydroxylation is 2. The Labute approximate surface area is 245 Å². The maximum atomic E-state index is 13.7. The van der Waals surface area contributed by atoms with E-state index in [0.717, 1.165) is 47.5 Å². The molecule has 4 heterocycles. The molecule has 1 N–H and O–H groups in total. The minimum Gasteiger partial charge on any atom is -0.317 e. The SMILES string of the molecule is Cc1ccc(CNC2(C)CCC2)nc1-c1cnn(-c2cc(-c3cc(C(F)(F)F)ccc3-c3nncn3C)cc(Cl)n2)c1. The molecule has 0 spiro atoms. The van der Waals surface area contributed by atoms with E-state index in [9.17, 15) is 13.2 Å². The van der Waals surface area contributed by atoms with E-state index in [-0.39, 0.29) is 16.3 Å². The molecule has 0 amide bonds. The first-order chi connectivity index (χ1) is 20.0. The Balaban J connectivity index is 1.37. The molecule has 1 fully saturated rings. The van der Waals surface area contributed by atoms with Crippen LogP contribution in [0.15, 0.2) is 61.2 Å². The fourth-order valence-electron chi connectivity index (χ4n) is 5.16. The van der Waals surface area contributed by atoms with Crippen molar-refractivity contribution in [1.82, 2.24) is 39.8 Å². The van der Waals surface area contributed by atoms with E-state index < -0.39 is 11.7 Å². The van der Waals surface area contributed by atoms with Gasteiger partial charge in [-0.05, 0) is 86.2 Å². The van der Waals surface area contributed by atoms with Gasteiger partial charge < -0.3 is 9.88 Å². The average molecular weight is 593 g/mol. The highest BCUT2D eigenvalue weighted by atomic mass is 35.5. The zero-order chi connectivity index (χ0) is 29.6.